The van der Waals surface area contributed by atoms with Crippen molar-refractivity contribution in [2.45, 2.75) is 52.1 Å². The Labute approximate surface area is 116 Å². The molecule has 1 aromatic heterocycles. The van der Waals surface area contributed by atoms with E-state index in [0.717, 1.165) is 31.8 Å². The second kappa shape index (κ2) is 6.96. The van der Waals surface area contributed by atoms with Crippen LogP contribution in [0.1, 0.15) is 39.9 Å². The number of hydrogen-bond donors (Lipinski definition) is 1. The van der Waals surface area contributed by atoms with E-state index in [0.29, 0.717) is 6.04 Å². The van der Waals surface area contributed by atoms with Crippen molar-refractivity contribution in [2.75, 3.05) is 20.1 Å². The maximum absolute atomic E-state index is 4.29. The van der Waals surface area contributed by atoms with Gasteiger partial charge in [0.05, 0.1) is 7.05 Å². The molecule has 0 radical (unpaired) electrons. The first-order chi connectivity index (χ1) is 9.01. The molecular weight excluding hydrogens is 240 g/mol. The largest absolute Gasteiger partial charge is 0.315 e. The van der Waals surface area contributed by atoms with Crippen molar-refractivity contribution >= 4 is 0 Å². The molecular formula is C13H28N6. The SMILES string of the molecule is CCN(CC)C(C)(CC)C(Cc1nnn(C)n1)NC. The smallest absolute Gasteiger partial charge is 0.176 e. The quantitative estimate of drug-likeness (QED) is 0.757. The van der Waals surface area contributed by atoms with Crippen molar-refractivity contribution < 1.29 is 0 Å². The zero-order chi connectivity index (χ0) is 14.5. The summed E-state index contributed by atoms with van der Waals surface area (Å²) in [4.78, 5) is 4.02. The predicted molar refractivity (Wildman–Crippen MR) is 77.0 cm³/mol. The fourth-order valence-electron chi connectivity index (χ4n) is 2.86. The summed E-state index contributed by atoms with van der Waals surface area (Å²) in [7, 11) is 3.81. The highest BCUT2D eigenvalue weighted by Crippen LogP contribution is 2.25. The monoisotopic (exact) mass is 268 g/mol. The van der Waals surface area contributed by atoms with Gasteiger partial charge in [-0.1, -0.05) is 20.8 Å². The summed E-state index contributed by atoms with van der Waals surface area (Å²) in [5, 5.41) is 15.8. The minimum Gasteiger partial charge on any atom is -0.315 e. The summed E-state index contributed by atoms with van der Waals surface area (Å²) in [5.74, 6) is 0.800. The van der Waals surface area contributed by atoms with Crippen molar-refractivity contribution in [3.8, 4) is 0 Å². The van der Waals surface area contributed by atoms with Crippen LogP contribution in [0.25, 0.3) is 0 Å². The normalized spacial score (nSPS) is 16.6. The summed E-state index contributed by atoms with van der Waals surface area (Å²) in [6, 6.07) is 0.307. The molecule has 2 unspecified atom stereocenters. The Morgan fingerprint density at radius 2 is 1.95 bits per heavy atom. The molecule has 110 valence electrons. The Morgan fingerprint density at radius 1 is 1.32 bits per heavy atom. The molecule has 0 spiro atoms. The highest BCUT2D eigenvalue weighted by atomic mass is 15.6. The number of likely N-dealkylation sites (N-methyl/N-ethyl adjacent to an activating group) is 2. The van der Waals surface area contributed by atoms with Crippen molar-refractivity contribution in [2.24, 2.45) is 7.05 Å². The van der Waals surface area contributed by atoms with Gasteiger partial charge < -0.3 is 5.32 Å². The maximum Gasteiger partial charge on any atom is 0.176 e. The van der Waals surface area contributed by atoms with Gasteiger partial charge in [-0.05, 0) is 38.7 Å². The van der Waals surface area contributed by atoms with Gasteiger partial charge in [-0.25, -0.2) is 0 Å². The van der Waals surface area contributed by atoms with E-state index in [9.17, 15) is 0 Å². The predicted octanol–water partition coefficient (Wildman–Crippen LogP) is 0.851. The maximum atomic E-state index is 4.29. The standard InChI is InChI=1S/C13H28N6/c1-7-13(4,19(8-2)9-3)11(14-5)10-12-15-17-18(6)16-12/h11,14H,7-10H2,1-6H3. The Hall–Kier alpha value is -1.01. The second-order valence-electron chi connectivity index (χ2n) is 5.12. The van der Waals surface area contributed by atoms with Crippen LogP contribution in [0.2, 0.25) is 0 Å². The zero-order valence-electron chi connectivity index (χ0n) is 13.1. The van der Waals surface area contributed by atoms with Gasteiger partial charge in [0.1, 0.15) is 0 Å². The van der Waals surface area contributed by atoms with Gasteiger partial charge in [0.2, 0.25) is 0 Å². The van der Waals surface area contributed by atoms with Gasteiger partial charge >= 0.3 is 0 Å². The molecule has 0 saturated heterocycles. The molecule has 0 aliphatic rings. The van der Waals surface area contributed by atoms with E-state index in [4.69, 9.17) is 0 Å². The van der Waals surface area contributed by atoms with Crippen LogP contribution in [0.3, 0.4) is 0 Å². The number of hydrogen-bond acceptors (Lipinski definition) is 5. The number of nitrogens with one attached hydrogen (secondary N) is 1. The van der Waals surface area contributed by atoms with Crippen molar-refractivity contribution in [1.29, 1.82) is 0 Å². The van der Waals surface area contributed by atoms with Gasteiger partial charge in [-0.15, -0.1) is 10.2 Å². The Bertz CT molecular complexity index is 373. The average molecular weight is 268 g/mol. The fourth-order valence-corrected chi connectivity index (χ4v) is 2.86. The van der Waals surface area contributed by atoms with E-state index in [1.54, 1.807) is 7.05 Å². The third kappa shape index (κ3) is 3.51. The summed E-state index contributed by atoms with van der Waals surface area (Å²) in [5.41, 5.74) is 0.0947. The van der Waals surface area contributed by atoms with Crippen molar-refractivity contribution in [3.05, 3.63) is 5.82 Å². The lowest BCUT2D eigenvalue weighted by molar-refractivity contribution is 0.0722. The molecule has 0 aliphatic heterocycles. The number of rotatable bonds is 8. The van der Waals surface area contributed by atoms with E-state index < -0.39 is 0 Å². The lowest BCUT2D eigenvalue weighted by Crippen LogP contribution is -2.59. The molecule has 19 heavy (non-hydrogen) atoms. The summed E-state index contributed by atoms with van der Waals surface area (Å²) in [6.07, 6.45) is 1.88. The third-order valence-electron chi connectivity index (χ3n) is 4.24. The van der Waals surface area contributed by atoms with E-state index in [-0.39, 0.29) is 5.54 Å². The molecule has 0 aliphatic carbocycles. The van der Waals surface area contributed by atoms with Crippen LogP contribution in [0.4, 0.5) is 0 Å². The first kappa shape index (κ1) is 16.0. The van der Waals surface area contributed by atoms with Gasteiger partial charge in [-0.2, -0.15) is 4.80 Å². The molecule has 0 aromatic carbocycles. The Kier molecular flexibility index (Phi) is 5.87. The Morgan fingerprint density at radius 3 is 2.32 bits per heavy atom. The average Bonchev–Trinajstić information content (AvgIpc) is 2.82. The van der Waals surface area contributed by atoms with E-state index >= 15 is 0 Å². The molecule has 1 heterocycles. The zero-order valence-corrected chi connectivity index (χ0v) is 13.1. The minimum atomic E-state index is 0.0947. The third-order valence-corrected chi connectivity index (χ3v) is 4.24. The molecule has 0 amide bonds. The minimum absolute atomic E-state index is 0.0947. The number of nitrogens with zero attached hydrogens (tertiary/aromatic N) is 5. The fraction of sp³-hybridized carbons (Fsp3) is 0.923. The van der Waals surface area contributed by atoms with Crippen molar-refractivity contribution in [1.82, 2.24) is 30.4 Å². The van der Waals surface area contributed by atoms with Gasteiger partial charge in [-0.3, -0.25) is 4.90 Å². The van der Waals surface area contributed by atoms with Crippen LogP contribution in [0.5, 0.6) is 0 Å². The molecule has 1 aromatic rings. The molecule has 1 rings (SSSR count). The number of aryl methyl sites for hydroxylation is 1. The first-order valence-electron chi connectivity index (χ1n) is 7.16. The van der Waals surface area contributed by atoms with Crippen LogP contribution >= 0.6 is 0 Å². The van der Waals surface area contributed by atoms with E-state index in [1.165, 1.54) is 4.80 Å². The molecule has 1 N–H and O–H groups in total. The molecule has 6 nitrogen and oxygen atoms in total. The van der Waals surface area contributed by atoms with Crippen LogP contribution in [-0.2, 0) is 13.5 Å². The first-order valence-corrected chi connectivity index (χ1v) is 7.16. The highest BCUT2D eigenvalue weighted by Gasteiger charge is 2.36. The molecule has 6 heteroatoms. The van der Waals surface area contributed by atoms with Crippen LogP contribution in [-0.4, -0.2) is 56.8 Å². The van der Waals surface area contributed by atoms with E-state index in [1.807, 2.05) is 7.05 Å². The number of tetrazole rings is 1. The topological polar surface area (TPSA) is 58.9 Å². The number of aromatic nitrogens is 4. The van der Waals surface area contributed by atoms with Gasteiger partial charge in [0.25, 0.3) is 0 Å². The molecule has 0 fully saturated rings. The Balaban J connectivity index is 2.91. The summed E-state index contributed by atoms with van der Waals surface area (Å²) in [6.45, 7) is 11.1. The van der Waals surface area contributed by atoms with Crippen molar-refractivity contribution in [3.63, 3.8) is 0 Å². The summed E-state index contributed by atoms with van der Waals surface area (Å²) >= 11 is 0. The molecule has 0 saturated carbocycles. The van der Waals surface area contributed by atoms with Crippen LogP contribution in [0, 0.1) is 0 Å². The van der Waals surface area contributed by atoms with E-state index in [2.05, 4.69) is 53.3 Å². The van der Waals surface area contributed by atoms with Gasteiger partial charge in [0.15, 0.2) is 5.82 Å². The van der Waals surface area contributed by atoms with Crippen LogP contribution < -0.4 is 5.32 Å². The molecule has 0 bridgehead atoms. The van der Waals surface area contributed by atoms with Gasteiger partial charge in [0, 0.05) is 18.0 Å². The molecule has 2 atom stereocenters. The second-order valence-corrected chi connectivity index (χ2v) is 5.12. The lowest BCUT2D eigenvalue weighted by Gasteiger charge is -2.45. The lowest BCUT2D eigenvalue weighted by atomic mass is 9.85. The highest BCUT2D eigenvalue weighted by molar-refractivity contribution is 5.00. The summed E-state index contributed by atoms with van der Waals surface area (Å²) < 4.78 is 0. The van der Waals surface area contributed by atoms with Crippen LogP contribution in [0.15, 0.2) is 0 Å².